The van der Waals surface area contributed by atoms with Gasteiger partial charge in [0.05, 0.1) is 11.5 Å². The zero-order chi connectivity index (χ0) is 13.1. The first-order valence-corrected chi connectivity index (χ1v) is 5.72. The molecule has 0 saturated heterocycles. The predicted molar refractivity (Wildman–Crippen MR) is 60.4 cm³/mol. The van der Waals surface area contributed by atoms with E-state index < -0.39 is 23.8 Å². The molecule has 0 aliphatic rings. The number of alkyl halides is 2. The summed E-state index contributed by atoms with van der Waals surface area (Å²) in [5.74, 6) is -1.59. The molecule has 0 fully saturated rings. The summed E-state index contributed by atoms with van der Waals surface area (Å²) >= 11 is 0. The second-order valence-corrected chi connectivity index (χ2v) is 4.13. The summed E-state index contributed by atoms with van der Waals surface area (Å²) in [4.78, 5) is 0. The van der Waals surface area contributed by atoms with E-state index in [-0.39, 0.29) is 12.8 Å². The zero-order valence-corrected chi connectivity index (χ0v) is 9.96. The minimum absolute atomic E-state index is 0.166. The molecule has 0 amide bonds. The fourth-order valence-corrected chi connectivity index (χ4v) is 2.14. The van der Waals surface area contributed by atoms with E-state index in [0.29, 0.717) is 5.56 Å². The van der Waals surface area contributed by atoms with Crippen molar-refractivity contribution in [2.75, 3.05) is 0 Å². The number of hydrogen-bond donors (Lipinski definition) is 1. The Balaban J connectivity index is 3.14. The minimum atomic E-state index is -2.60. The van der Waals surface area contributed by atoms with Gasteiger partial charge >= 0.3 is 0 Å². The van der Waals surface area contributed by atoms with Gasteiger partial charge < -0.3 is 5.11 Å². The van der Waals surface area contributed by atoms with Crippen molar-refractivity contribution >= 4 is 0 Å². The SMILES string of the molecule is CCC(C(F)F)C(O)(CC)c1ccc(F)cc1. The van der Waals surface area contributed by atoms with Crippen molar-refractivity contribution in [2.45, 2.75) is 38.7 Å². The van der Waals surface area contributed by atoms with Gasteiger partial charge in [-0.25, -0.2) is 13.2 Å². The lowest BCUT2D eigenvalue weighted by Gasteiger charge is -2.35. The second kappa shape index (κ2) is 5.54. The molecule has 0 aromatic heterocycles. The van der Waals surface area contributed by atoms with Crippen LogP contribution in [0.3, 0.4) is 0 Å². The molecule has 1 rings (SSSR count). The van der Waals surface area contributed by atoms with Crippen LogP contribution in [-0.4, -0.2) is 11.5 Å². The predicted octanol–water partition coefficient (Wildman–Crippen LogP) is 3.71. The Bertz CT molecular complexity index is 350. The maximum Gasteiger partial charge on any atom is 0.244 e. The Morgan fingerprint density at radius 1 is 1.18 bits per heavy atom. The van der Waals surface area contributed by atoms with Crippen molar-refractivity contribution in [1.29, 1.82) is 0 Å². The van der Waals surface area contributed by atoms with E-state index in [1.165, 1.54) is 24.3 Å². The molecule has 1 nitrogen and oxygen atoms in total. The average molecular weight is 246 g/mol. The Morgan fingerprint density at radius 3 is 2.06 bits per heavy atom. The van der Waals surface area contributed by atoms with Crippen LogP contribution in [0.2, 0.25) is 0 Å². The van der Waals surface area contributed by atoms with Gasteiger partial charge in [0.2, 0.25) is 6.43 Å². The second-order valence-electron chi connectivity index (χ2n) is 4.13. The highest BCUT2D eigenvalue weighted by Crippen LogP contribution is 2.38. The first kappa shape index (κ1) is 14.0. The van der Waals surface area contributed by atoms with E-state index in [4.69, 9.17) is 0 Å². The number of halogens is 3. The summed E-state index contributed by atoms with van der Waals surface area (Å²) in [5.41, 5.74) is -1.26. The first-order chi connectivity index (χ1) is 7.95. The lowest BCUT2D eigenvalue weighted by molar-refractivity contribution is -0.0944. The van der Waals surface area contributed by atoms with Crippen molar-refractivity contribution in [2.24, 2.45) is 5.92 Å². The molecule has 1 aromatic rings. The molecule has 0 aliphatic carbocycles. The molecule has 2 atom stereocenters. The van der Waals surface area contributed by atoms with Crippen LogP contribution in [0.4, 0.5) is 13.2 Å². The van der Waals surface area contributed by atoms with Crippen LogP contribution in [-0.2, 0) is 5.60 Å². The average Bonchev–Trinajstić information content (AvgIpc) is 2.29. The first-order valence-electron chi connectivity index (χ1n) is 5.72. The summed E-state index contributed by atoms with van der Waals surface area (Å²) in [7, 11) is 0. The fraction of sp³-hybridized carbons (Fsp3) is 0.538. The van der Waals surface area contributed by atoms with Crippen molar-refractivity contribution in [3.63, 3.8) is 0 Å². The summed E-state index contributed by atoms with van der Waals surface area (Å²) in [6.45, 7) is 3.26. The van der Waals surface area contributed by atoms with E-state index in [1.54, 1.807) is 13.8 Å². The van der Waals surface area contributed by atoms with Crippen LogP contribution in [0.1, 0.15) is 32.3 Å². The van der Waals surface area contributed by atoms with Gasteiger partial charge in [-0.05, 0) is 30.5 Å². The highest BCUT2D eigenvalue weighted by Gasteiger charge is 2.41. The van der Waals surface area contributed by atoms with Gasteiger partial charge in [-0.3, -0.25) is 0 Å². The van der Waals surface area contributed by atoms with Crippen LogP contribution >= 0.6 is 0 Å². The molecule has 0 aliphatic heterocycles. The molecule has 1 N–H and O–H groups in total. The smallest absolute Gasteiger partial charge is 0.244 e. The Hall–Kier alpha value is -1.03. The van der Waals surface area contributed by atoms with Gasteiger partial charge in [0.25, 0.3) is 0 Å². The molecular weight excluding hydrogens is 229 g/mol. The highest BCUT2D eigenvalue weighted by molar-refractivity contribution is 5.24. The largest absolute Gasteiger partial charge is 0.385 e. The number of hydrogen-bond acceptors (Lipinski definition) is 1. The number of rotatable bonds is 5. The molecule has 0 heterocycles. The molecule has 0 saturated carbocycles. The maximum atomic E-state index is 12.9. The van der Waals surface area contributed by atoms with Crippen LogP contribution in [0, 0.1) is 11.7 Å². The molecule has 1 aromatic carbocycles. The van der Waals surface area contributed by atoms with Crippen molar-refractivity contribution in [3.8, 4) is 0 Å². The molecule has 0 spiro atoms. The van der Waals surface area contributed by atoms with Gasteiger partial charge in [0, 0.05) is 0 Å². The third kappa shape index (κ3) is 2.80. The Morgan fingerprint density at radius 2 is 1.71 bits per heavy atom. The van der Waals surface area contributed by atoms with Gasteiger partial charge in [0.15, 0.2) is 0 Å². The van der Waals surface area contributed by atoms with E-state index in [1.807, 2.05) is 0 Å². The molecule has 2 unspecified atom stereocenters. The minimum Gasteiger partial charge on any atom is -0.385 e. The van der Waals surface area contributed by atoms with Crippen LogP contribution in [0.25, 0.3) is 0 Å². The van der Waals surface area contributed by atoms with Crippen LogP contribution < -0.4 is 0 Å². The topological polar surface area (TPSA) is 20.2 Å². The number of benzene rings is 1. The van der Waals surface area contributed by atoms with Crippen molar-refractivity contribution in [1.82, 2.24) is 0 Å². The van der Waals surface area contributed by atoms with Gasteiger partial charge in [-0.2, -0.15) is 0 Å². The van der Waals surface area contributed by atoms with E-state index in [0.717, 1.165) is 0 Å². The fourth-order valence-electron chi connectivity index (χ4n) is 2.14. The molecule has 17 heavy (non-hydrogen) atoms. The van der Waals surface area contributed by atoms with Gasteiger partial charge in [0.1, 0.15) is 5.82 Å². The summed E-state index contributed by atoms with van der Waals surface area (Å²) in [6.07, 6.45) is -2.27. The maximum absolute atomic E-state index is 12.9. The van der Waals surface area contributed by atoms with Crippen molar-refractivity contribution in [3.05, 3.63) is 35.6 Å². The van der Waals surface area contributed by atoms with E-state index >= 15 is 0 Å². The lowest BCUT2D eigenvalue weighted by Crippen LogP contribution is -2.38. The molecule has 0 radical (unpaired) electrons. The summed E-state index contributed by atoms with van der Waals surface area (Å²) < 4.78 is 38.6. The van der Waals surface area contributed by atoms with E-state index in [9.17, 15) is 18.3 Å². The van der Waals surface area contributed by atoms with E-state index in [2.05, 4.69) is 0 Å². The standard InChI is InChI=1S/C13H17F3O/c1-3-11(12(15)16)13(17,4-2)9-5-7-10(14)8-6-9/h5-8,11-12,17H,3-4H2,1-2H3. The summed E-state index contributed by atoms with van der Waals surface area (Å²) in [5, 5.41) is 10.4. The molecule has 0 bridgehead atoms. The molecular formula is C13H17F3O. The molecule has 96 valence electrons. The van der Waals surface area contributed by atoms with Crippen LogP contribution in [0.15, 0.2) is 24.3 Å². The third-order valence-electron chi connectivity index (χ3n) is 3.24. The Kier molecular flexibility index (Phi) is 4.57. The summed E-state index contributed by atoms with van der Waals surface area (Å²) in [6, 6.07) is 5.08. The Labute approximate surface area is 99.3 Å². The quantitative estimate of drug-likeness (QED) is 0.839. The third-order valence-corrected chi connectivity index (χ3v) is 3.24. The number of aliphatic hydroxyl groups is 1. The monoisotopic (exact) mass is 246 g/mol. The lowest BCUT2D eigenvalue weighted by atomic mass is 9.78. The normalized spacial score (nSPS) is 16.9. The van der Waals surface area contributed by atoms with Gasteiger partial charge in [-0.1, -0.05) is 26.0 Å². The van der Waals surface area contributed by atoms with Gasteiger partial charge in [-0.15, -0.1) is 0 Å². The highest BCUT2D eigenvalue weighted by atomic mass is 19.3. The van der Waals surface area contributed by atoms with Crippen LogP contribution in [0.5, 0.6) is 0 Å². The van der Waals surface area contributed by atoms with Crippen molar-refractivity contribution < 1.29 is 18.3 Å². The zero-order valence-electron chi connectivity index (χ0n) is 9.96. The molecule has 4 heteroatoms.